The van der Waals surface area contributed by atoms with Gasteiger partial charge in [-0.25, -0.2) is 0 Å². The normalized spacial score (nSPS) is 12.2. The maximum Gasteiger partial charge on any atom is 0.251 e. The summed E-state index contributed by atoms with van der Waals surface area (Å²) < 4.78 is 15.7. The average Bonchev–Trinajstić information content (AvgIpc) is 3.30. The molecule has 0 radical (unpaired) electrons. The van der Waals surface area contributed by atoms with Gasteiger partial charge < -0.3 is 19.0 Å². The highest BCUT2D eigenvalue weighted by Crippen LogP contribution is 2.24. The standard InChI is InChI=1S/C18H19N3O4/c1-11(2)15(18-20-16(21-25-18)14-5-4-10-24-14)19-17(22)12-6-8-13(23-3)9-7-12/h4-11,15H,1-3H3,(H,19,22)/t15-/m1/s1. The van der Waals surface area contributed by atoms with E-state index in [9.17, 15) is 4.79 Å². The second-order valence-electron chi connectivity index (χ2n) is 5.86. The van der Waals surface area contributed by atoms with Crippen LogP contribution in [-0.2, 0) is 0 Å². The topological polar surface area (TPSA) is 90.4 Å². The molecule has 2 heterocycles. The Bertz CT molecular complexity index is 822. The van der Waals surface area contributed by atoms with Crippen molar-refractivity contribution >= 4 is 5.91 Å². The summed E-state index contributed by atoms with van der Waals surface area (Å²) in [5, 5.41) is 6.86. The van der Waals surface area contributed by atoms with Gasteiger partial charge in [-0.3, -0.25) is 4.79 Å². The third kappa shape index (κ3) is 3.71. The lowest BCUT2D eigenvalue weighted by Crippen LogP contribution is -2.32. The van der Waals surface area contributed by atoms with Crippen molar-refractivity contribution in [3.05, 3.63) is 54.1 Å². The van der Waals surface area contributed by atoms with Crippen LogP contribution in [0.5, 0.6) is 5.75 Å². The molecule has 25 heavy (non-hydrogen) atoms. The van der Waals surface area contributed by atoms with Crippen LogP contribution in [0.4, 0.5) is 0 Å². The largest absolute Gasteiger partial charge is 0.497 e. The van der Waals surface area contributed by atoms with E-state index in [-0.39, 0.29) is 11.8 Å². The van der Waals surface area contributed by atoms with Gasteiger partial charge in [-0.1, -0.05) is 19.0 Å². The molecule has 0 unspecified atom stereocenters. The number of carbonyl (C=O) groups excluding carboxylic acids is 1. The second-order valence-corrected chi connectivity index (χ2v) is 5.86. The molecule has 1 aromatic carbocycles. The number of furan rings is 1. The molecular weight excluding hydrogens is 322 g/mol. The summed E-state index contributed by atoms with van der Waals surface area (Å²) in [5.41, 5.74) is 0.525. The van der Waals surface area contributed by atoms with Crippen LogP contribution in [0, 0.1) is 5.92 Å². The van der Waals surface area contributed by atoms with E-state index in [0.717, 1.165) is 0 Å². The number of nitrogens with zero attached hydrogens (tertiary/aromatic N) is 2. The van der Waals surface area contributed by atoms with Gasteiger partial charge in [-0.2, -0.15) is 4.98 Å². The fraction of sp³-hybridized carbons (Fsp3) is 0.278. The fourth-order valence-electron chi connectivity index (χ4n) is 2.35. The molecule has 0 aliphatic heterocycles. The maximum atomic E-state index is 12.5. The smallest absolute Gasteiger partial charge is 0.251 e. The predicted octanol–water partition coefficient (Wildman–Crippen LogP) is 3.47. The molecule has 2 aromatic heterocycles. The van der Waals surface area contributed by atoms with Gasteiger partial charge in [0.15, 0.2) is 5.76 Å². The Morgan fingerprint density at radius 2 is 1.96 bits per heavy atom. The average molecular weight is 341 g/mol. The molecule has 0 saturated carbocycles. The van der Waals surface area contributed by atoms with Crippen LogP contribution in [0.1, 0.15) is 36.1 Å². The summed E-state index contributed by atoms with van der Waals surface area (Å²) in [6.45, 7) is 3.94. The van der Waals surface area contributed by atoms with Gasteiger partial charge in [0.1, 0.15) is 11.8 Å². The van der Waals surface area contributed by atoms with Crippen molar-refractivity contribution in [2.75, 3.05) is 7.11 Å². The van der Waals surface area contributed by atoms with Crippen LogP contribution in [0.2, 0.25) is 0 Å². The maximum absolute atomic E-state index is 12.5. The summed E-state index contributed by atoms with van der Waals surface area (Å²) in [7, 11) is 1.58. The Balaban J connectivity index is 1.78. The SMILES string of the molecule is COc1ccc(C(=O)N[C@@H](c2nc(-c3ccco3)no2)C(C)C)cc1. The van der Waals surface area contributed by atoms with Crippen LogP contribution in [-0.4, -0.2) is 23.2 Å². The van der Waals surface area contributed by atoms with Crippen LogP contribution in [0.3, 0.4) is 0 Å². The first-order chi connectivity index (χ1) is 12.1. The van der Waals surface area contributed by atoms with E-state index in [1.54, 1.807) is 43.5 Å². The third-order valence-corrected chi connectivity index (χ3v) is 3.75. The summed E-state index contributed by atoms with van der Waals surface area (Å²) in [5.74, 6) is 1.73. The van der Waals surface area contributed by atoms with Crippen molar-refractivity contribution < 1.29 is 18.5 Å². The van der Waals surface area contributed by atoms with Gasteiger partial charge in [0.2, 0.25) is 11.7 Å². The molecule has 0 aliphatic rings. The van der Waals surface area contributed by atoms with Gasteiger partial charge in [0.05, 0.1) is 13.4 Å². The van der Waals surface area contributed by atoms with E-state index < -0.39 is 6.04 Å². The molecule has 0 bridgehead atoms. The zero-order valence-corrected chi connectivity index (χ0v) is 14.2. The first-order valence-corrected chi connectivity index (χ1v) is 7.91. The first kappa shape index (κ1) is 16.8. The molecule has 1 amide bonds. The molecule has 7 heteroatoms. The number of nitrogens with one attached hydrogen (secondary N) is 1. The summed E-state index contributed by atoms with van der Waals surface area (Å²) >= 11 is 0. The monoisotopic (exact) mass is 341 g/mol. The number of hydrogen-bond donors (Lipinski definition) is 1. The lowest BCUT2D eigenvalue weighted by molar-refractivity contribution is 0.0914. The lowest BCUT2D eigenvalue weighted by atomic mass is 10.0. The number of benzene rings is 1. The van der Waals surface area contributed by atoms with Gasteiger partial charge in [0.25, 0.3) is 5.91 Å². The van der Waals surface area contributed by atoms with Crippen molar-refractivity contribution in [2.45, 2.75) is 19.9 Å². The number of amides is 1. The third-order valence-electron chi connectivity index (χ3n) is 3.75. The number of methoxy groups -OCH3 is 1. The summed E-state index contributed by atoms with van der Waals surface area (Å²) in [6, 6.07) is 9.96. The minimum absolute atomic E-state index is 0.0621. The summed E-state index contributed by atoms with van der Waals surface area (Å²) in [6.07, 6.45) is 1.54. The van der Waals surface area contributed by atoms with E-state index in [2.05, 4.69) is 15.5 Å². The number of hydrogen-bond acceptors (Lipinski definition) is 6. The molecule has 130 valence electrons. The first-order valence-electron chi connectivity index (χ1n) is 7.91. The quantitative estimate of drug-likeness (QED) is 0.738. The minimum Gasteiger partial charge on any atom is -0.497 e. The Hall–Kier alpha value is -3.09. The van der Waals surface area contributed by atoms with Gasteiger partial charge in [-0.15, -0.1) is 0 Å². The van der Waals surface area contributed by atoms with Crippen molar-refractivity contribution in [1.82, 2.24) is 15.5 Å². The predicted molar refractivity (Wildman–Crippen MR) is 90.0 cm³/mol. The molecule has 1 atom stereocenters. The highest BCUT2D eigenvalue weighted by Gasteiger charge is 2.25. The highest BCUT2D eigenvalue weighted by molar-refractivity contribution is 5.94. The number of carbonyl (C=O) groups is 1. The molecule has 3 aromatic rings. The van der Waals surface area contributed by atoms with Crippen LogP contribution < -0.4 is 10.1 Å². The Labute approximate surface area is 145 Å². The van der Waals surface area contributed by atoms with Gasteiger partial charge in [-0.05, 0) is 42.3 Å². The summed E-state index contributed by atoms with van der Waals surface area (Å²) in [4.78, 5) is 16.8. The molecule has 0 saturated heterocycles. The van der Waals surface area contributed by atoms with Crippen LogP contribution in [0.15, 0.2) is 51.6 Å². The van der Waals surface area contributed by atoms with Gasteiger partial charge in [0, 0.05) is 5.56 Å². The van der Waals surface area contributed by atoms with Crippen molar-refractivity contribution in [3.63, 3.8) is 0 Å². The Morgan fingerprint density at radius 1 is 1.20 bits per heavy atom. The molecule has 0 spiro atoms. The fourth-order valence-corrected chi connectivity index (χ4v) is 2.35. The van der Waals surface area contributed by atoms with Crippen molar-refractivity contribution in [2.24, 2.45) is 5.92 Å². The van der Waals surface area contributed by atoms with E-state index in [0.29, 0.717) is 28.8 Å². The number of aromatic nitrogens is 2. The number of ether oxygens (including phenoxy) is 1. The van der Waals surface area contributed by atoms with E-state index in [1.807, 2.05) is 13.8 Å². The van der Waals surface area contributed by atoms with Crippen LogP contribution >= 0.6 is 0 Å². The zero-order chi connectivity index (χ0) is 17.8. The van der Waals surface area contributed by atoms with E-state index in [4.69, 9.17) is 13.7 Å². The molecule has 3 rings (SSSR count). The van der Waals surface area contributed by atoms with E-state index in [1.165, 1.54) is 6.26 Å². The van der Waals surface area contributed by atoms with Crippen molar-refractivity contribution in [1.29, 1.82) is 0 Å². The molecule has 0 aliphatic carbocycles. The van der Waals surface area contributed by atoms with Gasteiger partial charge >= 0.3 is 0 Å². The molecule has 0 fully saturated rings. The second kappa shape index (κ2) is 7.21. The Kier molecular flexibility index (Phi) is 4.83. The van der Waals surface area contributed by atoms with Crippen molar-refractivity contribution in [3.8, 4) is 17.3 Å². The van der Waals surface area contributed by atoms with Crippen LogP contribution in [0.25, 0.3) is 11.6 Å². The lowest BCUT2D eigenvalue weighted by Gasteiger charge is -2.18. The molecule has 7 nitrogen and oxygen atoms in total. The Morgan fingerprint density at radius 3 is 2.56 bits per heavy atom. The number of rotatable bonds is 6. The minimum atomic E-state index is -0.411. The molecule has 1 N–H and O–H groups in total. The molecular formula is C18H19N3O4. The zero-order valence-electron chi connectivity index (χ0n) is 14.2. The highest BCUT2D eigenvalue weighted by atomic mass is 16.5. The van der Waals surface area contributed by atoms with E-state index >= 15 is 0 Å².